The van der Waals surface area contributed by atoms with Gasteiger partial charge < -0.3 is 15.3 Å². The molecule has 21 heavy (non-hydrogen) atoms. The molecule has 6 heteroatoms. The van der Waals surface area contributed by atoms with E-state index < -0.39 is 0 Å². The number of anilines is 2. The third-order valence-electron chi connectivity index (χ3n) is 4.41. The minimum Gasteiger partial charge on any atom is -0.393 e. The van der Waals surface area contributed by atoms with E-state index in [0.29, 0.717) is 27.9 Å². The lowest BCUT2D eigenvalue weighted by Crippen LogP contribution is -2.45. The molecule has 0 amide bonds. The van der Waals surface area contributed by atoms with Crippen LogP contribution in [-0.4, -0.2) is 34.8 Å². The molecule has 3 heterocycles. The van der Waals surface area contributed by atoms with Crippen LogP contribution in [0.25, 0.3) is 0 Å². The lowest BCUT2D eigenvalue weighted by atomic mass is 10.00. The summed E-state index contributed by atoms with van der Waals surface area (Å²) in [4.78, 5) is 6.96. The van der Waals surface area contributed by atoms with E-state index in [1.54, 1.807) is 6.07 Å². The van der Waals surface area contributed by atoms with Gasteiger partial charge in [-0.15, -0.1) is 0 Å². The molecule has 2 N–H and O–H groups in total. The fourth-order valence-corrected chi connectivity index (χ4v) is 4.02. The molecular formula is C15H21Cl2N3O. The van der Waals surface area contributed by atoms with Gasteiger partial charge in [0.15, 0.2) is 0 Å². The minimum absolute atomic E-state index is 0.192. The third kappa shape index (κ3) is 2.94. The summed E-state index contributed by atoms with van der Waals surface area (Å²) in [5, 5.41) is 14.3. The summed E-state index contributed by atoms with van der Waals surface area (Å²) in [7, 11) is 0. The lowest BCUT2D eigenvalue weighted by Gasteiger charge is -2.38. The van der Waals surface area contributed by atoms with Crippen LogP contribution in [-0.2, 0) is 0 Å². The Morgan fingerprint density at radius 3 is 2.57 bits per heavy atom. The summed E-state index contributed by atoms with van der Waals surface area (Å²) in [6.07, 6.45) is 4.61. The number of rotatable bonds is 4. The van der Waals surface area contributed by atoms with Crippen molar-refractivity contribution in [3.8, 4) is 0 Å². The quantitative estimate of drug-likeness (QED) is 0.884. The van der Waals surface area contributed by atoms with E-state index in [0.717, 1.165) is 44.5 Å². The standard InChI is InChI=1S/C15H21Cl2N3O/c1-2-5-18-14-12(16)8-13(17)15(19-14)20-9-3-4-10(20)7-11(21)6-9/h8-11,21H,2-7H2,1H3,(H,18,19). The van der Waals surface area contributed by atoms with E-state index in [4.69, 9.17) is 23.2 Å². The number of hydrogen-bond donors (Lipinski definition) is 2. The van der Waals surface area contributed by atoms with Gasteiger partial charge in [0, 0.05) is 18.6 Å². The van der Waals surface area contributed by atoms with Crippen LogP contribution in [0, 0.1) is 0 Å². The van der Waals surface area contributed by atoms with Gasteiger partial charge in [0.05, 0.1) is 16.1 Å². The van der Waals surface area contributed by atoms with Crippen molar-refractivity contribution in [1.29, 1.82) is 0 Å². The molecule has 116 valence electrons. The molecule has 1 aromatic heterocycles. The van der Waals surface area contributed by atoms with Gasteiger partial charge >= 0.3 is 0 Å². The summed E-state index contributed by atoms with van der Waals surface area (Å²) in [5.74, 6) is 1.50. The number of piperidine rings is 1. The molecule has 4 nitrogen and oxygen atoms in total. The average Bonchev–Trinajstić information content (AvgIpc) is 2.70. The summed E-state index contributed by atoms with van der Waals surface area (Å²) < 4.78 is 0. The Kier molecular flexibility index (Phi) is 4.48. The Labute approximate surface area is 135 Å². The van der Waals surface area contributed by atoms with Gasteiger partial charge in [0.1, 0.15) is 11.6 Å². The van der Waals surface area contributed by atoms with Crippen LogP contribution in [0.1, 0.15) is 39.0 Å². The smallest absolute Gasteiger partial charge is 0.150 e. The molecule has 2 aliphatic heterocycles. The molecule has 2 bridgehead atoms. The first-order chi connectivity index (χ1) is 10.1. The molecule has 2 unspecified atom stereocenters. The van der Waals surface area contributed by atoms with Crippen LogP contribution in [0.4, 0.5) is 11.6 Å². The molecule has 1 aromatic rings. The number of aromatic nitrogens is 1. The minimum atomic E-state index is -0.192. The monoisotopic (exact) mass is 329 g/mol. The molecular weight excluding hydrogens is 309 g/mol. The molecule has 2 atom stereocenters. The molecule has 0 saturated carbocycles. The molecule has 0 spiro atoms. The van der Waals surface area contributed by atoms with Crippen molar-refractivity contribution >= 4 is 34.8 Å². The van der Waals surface area contributed by atoms with Crippen molar-refractivity contribution in [3.63, 3.8) is 0 Å². The second-order valence-electron chi connectivity index (χ2n) is 5.97. The van der Waals surface area contributed by atoms with Gasteiger partial charge in [-0.1, -0.05) is 30.1 Å². The highest BCUT2D eigenvalue weighted by Crippen LogP contribution is 2.42. The summed E-state index contributed by atoms with van der Waals surface area (Å²) >= 11 is 12.6. The molecule has 2 saturated heterocycles. The van der Waals surface area contributed by atoms with Crippen LogP contribution in [0.15, 0.2) is 6.07 Å². The van der Waals surface area contributed by atoms with Crippen LogP contribution < -0.4 is 10.2 Å². The van der Waals surface area contributed by atoms with Crippen molar-refractivity contribution in [1.82, 2.24) is 4.98 Å². The zero-order chi connectivity index (χ0) is 15.0. The number of aliphatic hydroxyl groups is 1. The van der Waals surface area contributed by atoms with E-state index in [-0.39, 0.29) is 6.10 Å². The summed E-state index contributed by atoms with van der Waals surface area (Å²) in [6, 6.07) is 2.45. The number of aliphatic hydroxyl groups excluding tert-OH is 1. The fourth-order valence-electron chi connectivity index (χ4n) is 3.50. The number of pyridine rings is 1. The van der Waals surface area contributed by atoms with E-state index in [9.17, 15) is 5.11 Å². The van der Waals surface area contributed by atoms with Crippen LogP contribution in [0.3, 0.4) is 0 Å². The van der Waals surface area contributed by atoms with E-state index >= 15 is 0 Å². The maximum Gasteiger partial charge on any atom is 0.150 e. The molecule has 0 aliphatic carbocycles. The number of fused-ring (bicyclic) bond motifs is 2. The highest BCUT2D eigenvalue weighted by Gasteiger charge is 2.41. The van der Waals surface area contributed by atoms with E-state index in [1.165, 1.54) is 0 Å². The Balaban J connectivity index is 1.91. The first kappa shape index (κ1) is 15.2. The fraction of sp³-hybridized carbons (Fsp3) is 0.667. The number of hydrogen-bond acceptors (Lipinski definition) is 4. The molecule has 3 rings (SSSR count). The first-order valence-electron chi connectivity index (χ1n) is 7.66. The van der Waals surface area contributed by atoms with Crippen molar-refractivity contribution in [2.24, 2.45) is 0 Å². The van der Waals surface area contributed by atoms with Gasteiger partial charge in [-0.2, -0.15) is 0 Å². The lowest BCUT2D eigenvalue weighted by molar-refractivity contribution is 0.126. The Morgan fingerprint density at radius 1 is 1.29 bits per heavy atom. The summed E-state index contributed by atoms with van der Waals surface area (Å²) in [6.45, 7) is 2.93. The number of halogens is 2. The maximum absolute atomic E-state index is 9.93. The zero-order valence-electron chi connectivity index (χ0n) is 12.1. The Morgan fingerprint density at radius 2 is 1.95 bits per heavy atom. The van der Waals surface area contributed by atoms with Crippen LogP contribution in [0.2, 0.25) is 10.0 Å². The Hall–Kier alpha value is -0.710. The average molecular weight is 330 g/mol. The van der Waals surface area contributed by atoms with Gasteiger partial charge in [0.2, 0.25) is 0 Å². The van der Waals surface area contributed by atoms with Crippen molar-refractivity contribution < 1.29 is 5.11 Å². The molecule has 0 radical (unpaired) electrons. The molecule has 0 aromatic carbocycles. The Bertz CT molecular complexity index is 512. The third-order valence-corrected chi connectivity index (χ3v) is 4.97. The topological polar surface area (TPSA) is 48.4 Å². The van der Waals surface area contributed by atoms with E-state index in [1.807, 2.05) is 0 Å². The SMILES string of the molecule is CCCNc1nc(N2C3CCC2CC(O)C3)c(Cl)cc1Cl. The largest absolute Gasteiger partial charge is 0.393 e. The second kappa shape index (κ2) is 6.19. The predicted molar refractivity (Wildman–Crippen MR) is 87.6 cm³/mol. The molecule has 2 aliphatic rings. The highest BCUT2D eigenvalue weighted by molar-refractivity contribution is 6.37. The van der Waals surface area contributed by atoms with Crippen molar-refractivity contribution in [2.75, 3.05) is 16.8 Å². The summed E-state index contributed by atoms with van der Waals surface area (Å²) in [5.41, 5.74) is 0. The normalized spacial score (nSPS) is 28.0. The second-order valence-corrected chi connectivity index (χ2v) is 6.78. The van der Waals surface area contributed by atoms with Crippen molar-refractivity contribution in [2.45, 2.75) is 57.2 Å². The van der Waals surface area contributed by atoms with Gasteiger partial charge in [0.25, 0.3) is 0 Å². The number of nitrogens with one attached hydrogen (secondary N) is 1. The van der Waals surface area contributed by atoms with E-state index in [2.05, 4.69) is 22.1 Å². The number of nitrogens with zero attached hydrogens (tertiary/aromatic N) is 2. The highest BCUT2D eigenvalue weighted by atomic mass is 35.5. The first-order valence-corrected chi connectivity index (χ1v) is 8.42. The van der Waals surface area contributed by atoms with Crippen LogP contribution >= 0.6 is 23.2 Å². The zero-order valence-corrected chi connectivity index (χ0v) is 13.7. The molecule has 2 fully saturated rings. The van der Waals surface area contributed by atoms with Gasteiger partial charge in [-0.25, -0.2) is 4.98 Å². The van der Waals surface area contributed by atoms with Crippen molar-refractivity contribution in [3.05, 3.63) is 16.1 Å². The maximum atomic E-state index is 9.93. The van der Waals surface area contributed by atoms with Crippen LogP contribution in [0.5, 0.6) is 0 Å². The predicted octanol–water partition coefficient (Wildman–Crippen LogP) is 3.70. The van der Waals surface area contributed by atoms with Gasteiger partial charge in [-0.05, 0) is 38.2 Å². The van der Waals surface area contributed by atoms with Gasteiger partial charge in [-0.3, -0.25) is 0 Å².